The molecule has 0 saturated carbocycles. The lowest BCUT2D eigenvalue weighted by atomic mass is 10.0. The summed E-state index contributed by atoms with van der Waals surface area (Å²) in [6, 6.07) is -0.425. The summed E-state index contributed by atoms with van der Waals surface area (Å²) < 4.78 is 0. The Morgan fingerprint density at radius 1 is 1.42 bits per heavy atom. The average molecular weight is 270 g/mol. The summed E-state index contributed by atoms with van der Waals surface area (Å²) in [6.07, 6.45) is 1.78. The molecule has 5 heteroatoms. The van der Waals surface area contributed by atoms with Gasteiger partial charge in [0.1, 0.15) is 0 Å². The second kappa shape index (κ2) is 7.60. The van der Waals surface area contributed by atoms with Crippen LogP contribution in [0.15, 0.2) is 4.99 Å². The van der Waals surface area contributed by atoms with Crippen LogP contribution in [-0.4, -0.2) is 52.2 Å². The first kappa shape index (κ1) is 16.1. The van der Waals surface area contributed by atoms with E-state index in [1.807, 2.05) is 20.8 Å². The lowest BCUT2D eigenvalue weighted by Crippen LogP contribution is -2.44. The standard InChI is InChI=1S/C14H26N2O3/c1-10(2)15-8-4-6-11(3)13(17)16-9-5-7-12(16)14(18)19/h11-12,14,18-19H,4-9H2,1-3H3/t11-,12-/m0/s1. The number of hydrogen-bond acceptors (Lipinski definition) is 4. The number of aliphatic imine (C=N–C) groups is 1. The highest BCUT2D eigenvalue weighted by atomic mass is 16.5. The summed E-state index contributed by atoms with van der Waals surface area (Å²) in [5, 5.41) is 18.5. The third-order valence-corrected chi connectivity index (χ3v) is 3.57. The number of likely N-dealkylation sites (tertiary alicyclic amines) is 1. The van der Waals surface area contributed by atoms with Gasteiger partial charge in [-0.05, 0) is 39.5 Å². The van der Waals surface area contributed by atoms with Crippen molar-refractivity contribution in [2.75, 3.05) is 13.1 Å². The molecule has 1 rings (SSSR count). The van der Waals surface area contributed by atoms with Gasteiger partial charge in [0.15, 0.2) is 6.29 Å². The number of nitrogens with zero attached hydrogens (tertiary/aromatic N) is 2. The van der Waals surface area contributed by atoms with Gasteiger partial charge in [-0.25, -0.2) is 0 Å². The van der Waals surface area contributed by atoms with E-state index in [2.05, 4.69) is 4.99 Å². The van der Waals surface area contributed by atoms with Crippen molar-refractivity contribution >= 4 is 11.6 Å². The second-order valence-electron chi connectivity index (χ2n) is 5.53. The molecule has 1 saturated heterocycles. The molecule has 1 heterocycles. The van der Waals surface area contributed by atoms with Crippen molar-refractivity contribution in [2.45, 2.75) is 58.8 Å². The fourth-order valence-electron chi connectivity index (χ4n) is 2.48. The first-order valence-electron chi connectivity index (χ1n) is 7.07. The predicted molar refractivity (Wildman–Crippen MR) is 75.0 cm³/mol. The van der Waals surface area contributed by atoms with E-state index in [4.69, 9.17) is 0 Å². The van der Waals surface area contributed by atoms with Gasteiger partial charge in [0, 0.05) is 24.7 Å². The molecule has 19 heavy (non-hydrogen) atoms. The SMILES string of the molecule is CC(C)=NCCC[C@H](C)C(=O)N1CCC[C@H]1C(O)O. The summed E-state index contributed by atoms with van der Waals surface area (Å²) >= 11 is 0. The minimum absolute atomic E-state index is 0.0350. The Hall–Kier alpha value is -0.940. The third-order valence-electron chi connectivity index (χ3n) is 3.57. The Balaban J connectivity index is 2.41. The van der Waals surface area contributed by atoms with Crippen molar-refractivity contribution < 1.29 is 15.0 Å². The molecule has 0 aromatic heterocycles. The van der Waals surface area contributed by atoms with Gasteiger partial charge in [0.05, 0.1) is 6.04 Å². The van der Waals surface area contributed by atoms with Crippen LogP contribution >= 0.6 is 0 Å². The van der Waals surface area contributed by atoms with Crippen LogP contribution in [-0.2, 0) is 4.79 Å². The topological polar surface area (TPSA) is 73.1 Å². The number of aliphatic hydroxyl groups is 2. The van der Waals surface area contributed by atoms with Crippen molar-refractivity contribution in [1.29, 1.82) is 0 Å². The maximum Gasteiger partial charge on any atom is 0.225 e. The lowest BCUT2D eigenvalue weighted by molar-refractivity contribution is -0.146. The van der Waals surface area contributed by atoms with E-state index in [0.717, 1.165) is 31.5 Å². The van der Waals surface area contributed by atoms with E-state index in [-0.39, 0.29) is 11.8 Å². The van der Waals surface area contributed by atoms with E-state index in [1.165, 1.54) is 0 Å². The fourth-order valence-corrected chi connectivity index (χ4v) is 2.48. The molecule has 110 valence electrons. The van der Waals surface area contributed by atoms with Crippen LogP contribution in [0.25, 0.3) is 0 Å². The molecule has 0 aliphatic carbocycles. The number of amides is 1. The number of carbonyl (C=O) groups is 1. The summed E-state index contributed by atoms with van der Waals surface area (Å²) in [4.78, 5) is 18.2. The van der Waals surface area contributed by atoms with Gasteiger partial charge < -0.3 is 15.1 Å². The Morgan fingerprint density at radius 3 is 2.68 bits per heavy atom. The van der Waals surface area contributed by atoms with Crippen LogP contribution < -0.4 is 0 Å². The lowest BCUT2D eigenvalue weighted by Gasteiger charge is -2.28. The molecule has 1 aliphatic rings. The Bertz CT molecular complexity index is 325. The first-order valence-corrected chi connectivity index (χ1v) is 7.07. The minimum atomic E-state index is -1.43. The van der Waals surface area contributed by atoms with Crippen LogP contribution in [0.2, 0.25) is 0 Å². The highest BCUT2D eigenvalue weighted by molar-refractivity contribution is 5.79. The molecule has 2 atom stereocenters. The molecule has 0 unspecified atom stereocenters. The van der Waals surface area contributed by atoms with Crippen molar-refractivity contribution in [3.8, 4) is 0 Å². The van der Waals surface area contributed by atoms with Gasteiger partial charge in [-0.2, -0.15) is 0 Å². The van der Waals surface area contributed by atoms with Gasteiger partial charge in [-0.15, -0.1) is 0 Å². The highest BCUT2D eigenvalue weighted by Crippen LogP contribution is 2.23. The van der Waals surface area contributed by atoms with E-state index in [0.29, 0.717) is 13.0 Å². The van der Waals surface area contributed by atoms with Crippen LogP contribution in [0, 0.1) is 5.92 Å². The van der Waals surface area contributed by atoms with Crippen molar-refractivity contribution in [2.24, 2.45) is 10.9 Å². The molecule has 0 aromatic rings. The maximum absolute atomic E-state index is 12.3. The Labute approximate surface area is 115 Å². The number of hydrogen-bond donors (Lipinski definition) is 2. The molecule has 1 amide bonds. The molecule has 1 aliphatic heterocycles. The second-order valence-corrected chi connectivity index (χ2v) is 5.53. The zero-order chi connectivity index (χ0) is 14.4. The highest BCUT2D eigenvalue weighted by Gasteiger charge is 2.34. The fraction of sp³-hybridized carbons (Fsp3) is 0.857. The molecule has 0 aromatic carbocycles. The van der Waals surface area contributed by atoms with E-state index in [9.17, 15) is 15.0 Å². The van der Waals surface area contributed by atoms with Crippen LogP contribution in [0.3, 0.4) is 0 Å². The monoisotopic (exact) mass is 270 g/mol. The van der Waals surface area contributed by atoms with Crippen molar-refractivity contribution in [3.63, 3.8) is 0 Å². The van der Waals surface area contributed by atoms with Gasteiger partial charge >= 0.3 is 0 Å². The normalized spacial score (nSPS) is 20.7. The van der Waals surface area contributed by atoms with Crippen LogP contribution in [0.5, 0.6) is 0 Å². The number of carbonyl (C=O) groups excluding carboxylic acids is 1. The molecule has 0 spiro atoms. The van der Waals surface area contributed by atoms with Crippen LogP contribution in [0.4, 0.5) is 0 Å². The smallest absolute Gasteiger partial charge is 0.225 e. The number of aliphatic hydroxyl groups excluding tert-OH is 1. The minimum Gasteiger partial charge on any atom is -0.366 e. The van der Waals surface area contributed by atoms with Crippen molar-refractivity contribution in [1.82, 2.24) is 4.90 Å². The van der Waals surface area contributed by atoms with Gasteiger partial charge in [-0.3, -0.25) is 9.79 Å². The quantitative estimate of drug-likeness (QED) is 0.432. The summed E-state index contributed by atoms with van der Waals surface area (Å²) in [7, 11) is 0. The van der Waals surface area contributed by atoms with Gasteiger partial charge in [0.25, 0.3) is 0 Å². The van der Waals surface area contributed by atoms with Crippen molar-refractivity contribution in [3.05, 3.63) is 0 Å². The Morgan fingerprint density at radius 2 is 2.11 bits per heavy atom. The maximum atomic E-state index is 12.3. The summed E-state index contributed by atoms with van der Waals surface area (Å²) in [6.45, 7) is 7.23. The van der Waals surface area contributed by atoms with Crippen LogP contribution in [0.1, 0.15) is 46.5 Å². The van der Waals surface area contributed by atoms with E-state index >= 15 is 0 Å². The predicted octanol–water partition coefficient (Wildman–Crippen LogP) is 1.19. The van der Waals surface area contributed by atoms with Gasteiger partial charge in [0.2, 0.25) is 5.91 Å². The summed E-state index contributed by atoms with van der Waals surface area (Å²) in [5.74, 6) is -0.0421. The molecule has 5 nitrogen and oxygen atoms in total. The first-order chi connectivity index (χ1) is 8.93. The summed E-state index contributed by atoms with van der Waals surface area (Å²) in [5.41, 5.74) is 1.06. The number of rotatable bonds is 6. The molecule has 1 fully saturated rings. The van der Waals surface area contributed by atoms with E-state index < -0.39 is 12.3 Å². The molecule has 0 radical (unpaired) electrons. The Kier molecular flexibility index (Phi) is 6.45. The average Bonchev–Trinajstić information content (AvgIpc) is 2.82. The molecular formula is C14H26N2O3. The largest absolute Gasteiger partial charge is 0.366 e. The van der Waals surface area contributed by atoms with Gasteiger partial charge in [-0.1, -0.05) is 6.92 Å². The molecular weight excluding hydrogens is 244 g/mol. The molecule has 0 bridgehead atoms. The third kappa shape index (κ3) is 4.91. The molecule has 2 N–H and O–H groups in total. The zero-order valence-corrected chi connectivity index (χ0v) is 12.2. The van der Waals surface area contributed by atoms with E-state index in [1.54, 1.807) is 4.90 Å². The zero-order valence-electron chi connectivity index (χ0n) is 12.2.